The van der Waals surface area contributed by atoms with Gasteiger partial charge in [0, 0.05) is 0 Å². The van der Waals surface area contributed by atoms with Gasteiger partial charge in [-0.3, -0.25) is 0 Å². The summed E-state index contributed by atoms with van der Waals surface area (Å²) in [6, 6.07) is 0. The zero-order chi connectivity index (χ0) is 7.33. The normalized spacial score (nSPS) is 10.7. The molecule has 0 radical (unpaired) electrons. The largest absolute Gasteiger partial charge is 2.00 e. The molecule has 0 aliphatic carbocycles. The maximum Gasteiger partial charge on any atom is 2.00 e. The fourth-order valence-corrected chi connectivity index (χ4v) is 0.673. The molecule has 0 fully saturated rings. The van der Waals surface area contributed by atoms with E-state index in [0.717, 1.165) is 6.42 Å². The molecule has 0 saturated carbocycles. The predicted molar refractivity (Wildman–Crippen MR) is 28.5 cm³/mol. The van der Waals surface area contributed by atoms with Crippen LogP contribution in [0.15, 0.2) is 0 Å². The SMILES string of the molecule is CCCCOP(=O)([O-])[O-].[Ni+2]. The molecule has 10 heavy (non-hydrogen) atoms. The van der Waals surface area contributed by atoms with Crippen molar-refractivity contribution in [3.05, 3.63) is 0 Å². The van der Waals surface area contributed by atoms with Gasteiger partial charge in [0.2, 0.25) is 0 Å². The van der Waals surface area contributed by atoms with Crippen LogP contribution in [0.25, 0.3) is 0 Å². The molecule has 0 N–H and O–H groups in total. The van der Waals surface area contributed by atoms with Crippen molar-refractivity contribution in [2.24, 2.45) is 0 Å². The van der Waals surface area contributed by atoms with Gasteiger partial charge in [-0.15, -0.1) is 0 Å². The van der Waals surface area contributed by atoms with Gasteiger partial charge in [0.05, 0.1) is 14.4 Å². The van der Waals surface area contributed by atoms with Crippen molar-refractivity contribution in [2.75, 3.05) is 6.61 Å². The molecule has 4 nitrogen and oxygen atoms in total. The summed E-state index contributed by atoms with van der Waals surface area (Å²) in [4.78, 5) is 19.5. The molecule has 0 spiro atoms. The molecule has 0 aliphatic rings. The minimum Gasteiger partial charge on any atom is -0.790 e. The first-order valence-corrected chi connectivity index (χ1v) is 4.19. The molecule has 0 rings (SSSR count). The Labute approximate surface area is 70.1 Å². The summed E-state index contributed by atoms with van der Waals surface area (Å²) in [5.41, 5.74) is 0. The topological polar surface area (TPSA) is 72.4 Å². The summed E-state index contributed by atoms with van der Waals surface area (Å²) < 4.78 is 13.7. The van der Waals surface area contributed by atoms with Gasteiger partial charge in [0.15, 0.2) is 0 Å². The van der Waals surface area contributed by atoms with E-state index in [9.17, 15) is 14.4 Å². The maximum atomic E-state index is 9.76. The standard InChI is InChI=1S/C4H11O4P.Ni/c1-2-3-4-8-9(5,6)7;/h2-4H2,1H3,(H2,5,6,7);/q;+2/p-2. The predicted octanol–water partition coefficient (Wildman–Crippen LogP) is -0.371. The van der Waals surface area contributed by atoms with E-state index in [4.69, 9.17) is 0 Å². The van der Waals surface area contributed by atoms with E-state index in [0.29, 0.717) is 6.42 Å². The van der Waals surface area contributed by atoms with Crippen LogP contribution in [0.2, 0.25) is 0 Å². The fraction of sp³-hybridized carbons (Fsp3) is 1.00. The molecular formula is C4H9NiO4P. The number of hydrogen-bond acceptors (Lipinski definition) is 4. The van der Waals surface area contributed by atoms with Crippen molar-refractivity contribution >= 4 is 7.82 Å². The van der Waals surface area contributed by atoms with Gasteiger partial charge in [-0.1, -0.05) is 13.3 Å². The molecule has 0 atom stereocenters. The monoisotopic (exact) mass is 210 g/mol. The zero-order valence-electron chi connectivity index (χ0n) is 5.52. The van der Waals surface area contributed by atoms with Crippen LogP contribution in [0.5, 0.6) is 0 Å². The second-order valence-corrected chi connectivity index (χ2v) is 2.79. The van der Waals surface area contributed by atoms with Crippen LogP contribution < -0.4 is 9.79 Å². The van der Waals surface area contributed by atoms with Gasteiger partial charge in [-0.25, -0.2) is 0 Å². The van der Waals surface area contributed by atoms with E-state index in [1.165, 1.54) is 0 Å². The summed E-state index contributed by atoms with van der Waals surface area (Å²) in [5, 5.41) is 0. The van der Waals surface area contributed by atoms with Crippen molar-refractivity contribution in [2.45, 2.75) is 19.8 Å². The Kier molecular flexibility index (Phi) is 8.35. The van der Waals surface area contributed by atoms with E-state index in [1.54, 1.807) is 0 Å². The number of hydrogen-bond donors (Lipinski definition) is 0. The zero-order valence-corrected chi connectivity index (χ0v) is 7.40. The van der Waals surface area contributed by atoms with Crippen LogP contribution in [-0.2, 0) is 25.6 Å². The van der Waals surface area contributed by atoms with Crippen molar-refractivity contribution in [3.63, 3.8) is 0 Å². The number of rotatable bonds is 4. The third kappa shape index (κ3) is 11.4. The van der Waals surface area contributed by atoms with E-state index in [1.807, 2.05) is 6.92 Å². The van der Waals surface area contributed by atoms with Gasteiger partial charge in [-0.05, 0) is 6.42 Å². The van der Waals surface area contributed by atoms with Crippen LogP contribution in [0, 0.1) is 0 Å². The van der Waals surface area contributed by atoms with Crippen molar-refractivity contribution in [3.8, 4) is 0 Å². The molecule has 6 heteroatoms. The van der Waals surface area contributed by atoms with Crippen LogP contribution in [0.3, 0.4) is 0 Å². The van der Waals surface area contributed by atoms with Crippen LogP contribution in [0.1, 0.15) is 19.8 Å². The number of phosphoric acid groups is 1. The van der Waals surface area contributed by atoms with E-state index in [-0.39, 0.29) is 23.1 Å². The smallest absolute Gasteiger partial charge is 0.790 e. The molecule has 0 saturated heterocycles. The Morgan fingerprint density at radius 2 is 2.00 bits per heavy atom. The first-order valence-electron chi connectivity index (χ1n) is 2.73. The Hall–Kier alpha value is 0.604. The average Bonchev–Trinajstić information content (AvgIpc) is 1.63. The van der Waals surface area contributed by atoms with Crippen LogP contribution in [0.4, 0.5) is 0 Å². The van der Waals surface area contributed by atoms with Gasteiger partial charge in [0.25, 0.3) is 0 Å². The summed E-state index contributed by atoms with van der Waals surface area (Å²) >= 11 is 0. The molecule has 64 valence electrons. The molecule has 0 heterocycles. The Morgan fingerprint density at radius 3 is 2.30 bits per heavy atom. The van der Waals surface area contributed by atoms with E-state index in [2.05, 4.69) is 4.52 Å². The van der Waals surface area contributed by atoms with Crippen molar-refractivity contribution < 1.29 is 35.4 Å². The quantitative estimate of drug-likeness (QED) is 0.361. The van der Waals surface area contributed by atoms with E-state index >= 15 is 0 Å². The van der Waals surface area contributed by atoms with Crippen LogP contribution in [-0.4, -0.2) is 6.61 Å². The maximum absolute atomic E-state index is 9.76. The summed E-state index contributed by atoms with van der Waals surface area (Å²) in [6.07, 6.45) is 1.43. The van der Waals surface area contributed by atoms with E-state index < -0.39 is 7.82 Å². The Bertz CT molecular complexity index is 112. The molecule has 0 unspecified atom stereocenters. The molecule has 0 aromatic carbocycles. The van der Waals surface area contributed by atoms with Crippen molar-refractivity contribution in [1.82, 2.24) is 0 Å². The third-order valence-corrected chi connectivity index (χ3v) is 1.25. The summed E-state index contributed by atoms with van der Waals surface area (Å²) in [5.74, 6) is 0. The van der Waals surface area contributed by atoms with Crippen molar-refractivity contribution in [1.29, 1.82) is 0 Å². The fourth-order valence-electron chi connectivity index (χ4n) is 0.321. The Morgan fingerprint density at radius 1 is 1.50 bits per heavy atom. The number of unbranched alkanes of at least 4 members (excludes halogenated alkanes) is 1. The molecule has 0 bridgehead atoms. The molecular weight excluding hydrogens is 202 g/mol. The number of phosphoric ester groups is 1. The van der Waals surface area contributed by atoms with Crippen LogP contribution >= 0.6 is 7.82 Å². The van der Waals surface area contributed by atoms with Gasteiger partial charge in [-0.2, -0.15) is 0 Å². The van der Waals surface area contributed by atoms with Gasteiger partial charge >= 0.3 is 16.5 Å². The second kappa shape index (κ2) is 6.32. The molecule has 0 aromatic rings. The minimum atomic E-state index is -4.70. The molecule has 0 aliphatic heterocycles. The first-order chi connectivity index (χ1) is 4.06. The van der Waals surface area contributed by atoms with Gasteiger partial charge < -0.3 is 18.9 Å². The first kappa shape index (κ1) is 13.2. The second-order valence-electron chi connectivity index (χ2n) is 1.63. The summed E-state index contributed by atoms with van der Waals surface area (Å²) in [7, 11) is -4.70. The third-order valence-electron chi connectivity index (χ3n) is 0.747. The minimum absolute atomic E-state index is 0. The molecule has 0 aromatic heterocycles. The molecule has 0 amide bonds. The summed E-state index contributed by atoms with van der Waals surface area (Å²) in [6.45, 7) is 1.89. The Balaban J connectivity index is 0. The van der Waals surface area contributed by atoms with Gasteiger partial charge in [0.1, 0.15) is 0 Å². The average molecular weight is 211 g/mol.